The van der Waals surface area contributed by atoms with E-state index in [0.29, 0.717) is 5.92 Å². The first-order valence-corrected chi connectivity index (χ1v) is 7.05. The Kier molecular flexibility index (Phi) is 6.32. The van der Waals surface area contributed by atoms with Gasteiger partial charge in [0.15, 0.2) is 0 Å². The Morgan fingerprint density at radius 2 is 1.95 bits per heavy atom. The first-order valence-electron chi connectivity index (χ1n) is 7.05. The van der Waals surface area contributed by atoms with Crippen LogP contribution in [0.4, 0.5) is 0 Å². The molecule has 1 aromatic rings. The summed E-state index contributed by atoms with van der Waals surface area (Å²) in [7, 11) is 3.87. The molecule has 19 heavy (non-hydrogen) atoms. The molecular formula is C16H28N2O. The molecular weight excluding hydrogens is 236 g/mol. The van der Waals surface area contributed by atoms with Crippen LogP contribution in [0, 0.1) is 0 Å². The Bertz CT molecular complexity index is 388. The largest absolute Gasteiger partial charge is 0.496 e. The summed E-state index contributed by atoms with van der Waals surface area (Å²) >= 11 is 0. The highest BCUT2D eigenvalue weighted by molar-refractivity contribution is 5.39. The average molecular weight is 264 g/mol. The molecule has 0 saturated carbocycles. The molecule has 0 aliphatic carbocycles. The summed E-state index contributed by atoms with van der Waals surface area (Å²) in [6, 6.07) is 6.74. The zero-order chi connectivity index (χ0) is 14.4. The highest BCUT2D eigenvalue weighted by Gasteiger charge is 2.09. The van der Waals surface area contributed by atoms with E-state index in [0.717, 1.165) is 25.3 Å². The van der Waals surface area contributed by atoms with Gasteiger partial charge in [0.05, 0.1) is 7.11 Å². The zero-order valence-corrected chi connectivity index (χ0v) is 12.9. The van der Waals surface area contributed by atoms with Crippen LogP contribution in [-0.2, 0) is 6.54 Å². The van der Waals surface area contributed by atoms with E-state index in [1.807, 2.05) is 0 Å². The van der Waals surface area contributed by atoms with Crippen molar-refractivity contribution in [2.24, 2.45) is 5.73 Å². The highest BCUT2D eigenvalue weighted by atomic mass is 16.5. The lowest BCUT2D eigenvalue weighted by Crippen LogP contribution is -2.25. The Balaban J connectivity index is 2.71. The Morgan fingerprint density at radius 1 is 1.26 bits per heavy atom. The van der Waals surface area contributed by atoms with Crippen molar-refractivity contribution in [3.05, 3.63) is 29.3 Å². The van der Waals surface area contributed by atoms with Crippen molar-refractivity contribution in [2.75, 3.05) is 20.7 Å². The molecule has 0 saturated heterocycles. The number of nitrogens with zero attached hydrogens (tertiary/aromatic N) is 1. The Hall–Kier alpha value is -1.06. The third kappa shape index (κ3) is 5.21. The molecule has 1 unspecified atom stereocenters. The van der Waals surface area contributed by atoms with Crippen molar-refractivity contribution < 1.29 is 4.74 Å². The molecule has 0 heterocycles. The smallest absolute Gasteiger partial charge is 0.122 e. The third-order valence-corrected chi connectivity index (χ3v) is 3.33. The first-order chi connectivity index (χ1) is 8.93. The predicted molar refractivity (Wildman–Crippen MR) is 81.7 cm³/mol. The molecule has 0 fully saturated rings. The van der Waals surface area contributed by atoms with E-state index in [-0.39, 0.29) is 6.04 Å². The number of hydrogen-bond acceptors (Lipinski definition) is 3. The molecule has 1 rings (SSSR count). The molecule has 0 radical (unpaired) electrons. The zero-order valence-electron chi connectivity index (χ0n) is 12.9. The van der Waals surface area contributed by atoms with Crippen LogP contribution in [0.25, 0.3) is 0 Å². The van der Waals surface area contributed by atoms with Crippen molar-refractivity contribution in [3.63, 3.8) is 0 Å². The summed E-state index contributed by atoms with van der Waals surface area (Å²) < 4.78 is 5.42. The van der Waals surface area contributed by atoms with Gasteiger partial charge in [-0.2, -0.15) is 0 Å². The fourth-order valence-corrected chi connectivity index (χ4v) is 2.15. The van der Waals surface area contributed by atoms with E-state index in [9.17, 15) is 0 Å². The molecule has 0 aliphatic rings. The molecule has 0 aliphatic heterocycles. The maximum Gasteiger partial charge on any atom is 0.122 e. The minimum Gasteiger partial charge on any atom is -0.496 e. The molecule has 0 spiro atoms. The molecule has 1 atom stereocenters. The van der Waals surface area contributed by atoms with Gasteiger partial charge in [0, 0.05) is 12.6 Å². The maximum absolute atomic E-state index is 5.79. The number of methoxy groups -OCH3 is 1. The van der Waals surface area contributed by atoms with Crippen molar-refractivity contribution in [1.82, 2.24) is 4.90 Å². The van der Waals surface area contributed by atoms with Crippen molar-refractivity contribution in [1.29, 1.82) is 0 Å². The van der Waals surface area contributed by atoms with E-state index in [1.54, 1.807) is 7.11 Å². The highest BCUT2D eigenvalue weighted by Crippen LogP contribution is 2.27. The number of benzene rings is 1. The fourth-order valence-electron chi connectivity index (χ4n) is 2.15. The van der Waals surface area contributed by atoms with Gasteiger partial charge in [0.2, 0.25) is 0 Å². The molecule has 0 amide bonds. The van der Waals surface area contributed by atoms with E-state index in [4.69, 9.17) is 10.5 Å². The summed E-state index contributed by atoms with van der Waals surface area (Å²) in [4.78, 5) is 2.31. The lowest BCUT2D eigenvalue weighted by molar-refractivity contribution is 0.313. The quantitative estimate of drug-likeness (QED) is 0.823. The second kappa shape index (κ2) is 7.51. The Labute approximate surface area is 117 Å². The SMILES string of the molecule is COc1ccc(CN(C)CCC(C)N)cc1C(C)C. The summed E-state index contributed by atoms with van der Waals surface area (Å²) in [6.07, 6.45) is 1.03. The molecule has 0 aromatic heterocycles. The third-order valence-electron chi connectivity index (χ3n) is 3.33. The number of ether oxygens (including phenoxy) is 1. The standard InChI is InChI=1S/C16H28N2O/c1-12(2)15-10-14(6-7-16(15)19-5)11-18(4)9-8-13(3)17/h6-7,10,12-13H,8-9,11,17H2,1-5H3. The van der Waals surface area contributed by atoms with Crippen molar-refractivity contribution >= 4 is 0 Å². The van der Waals surface area contributed by atoms with Crippen LogP contribution in [-0.4, -0.2) is 31.6 Å². The van der Waals surface area contributed by atoms with E-state index >= 15 is 0 Å². The topological polar surface area (TPSA) is 38.5 Å². The van der Waals surface area contributed by atoms with Gasteiger partial charge in [-0.05, 0) is 50.0 Å². The molecule has 0 bridgehead atoms. The lowest BCUT2D eigenvalue weighted by Gasteiger charge is -2.19. The minimum absolute atomic E-state index is 0.268. The summed E-state index contributed by atoms with van der Waals surface area (Å²) in [5, 5.41) is 0. The van der Waals surface area contributed by atoms with Gasteiger partial charge in [-0.15, -0.1) is 0 Å². The first kappa shape index (κ1) is 16.0. The molecule has 1 aromatic carbocycles. The van der Waals surface area contributed by atoms with E-state index in [2.05, 4.69) is 50.9 Å². The monoisotopic (exact) mass is 264 g/mol. The summed E-state index contributed by atoms with van der Waals surface area (Å²) in [5.74, 6) is 1.46. The van der Waals surface area contributed by atoms with Crippen LogP contribution >= 0.6 is 0 Å². The predicted octanol–water partition coefficient (Wildman–Crippen LogP) is 2.99. The van der Waals surface area contributed by atoms with Crippen LogP contribution < -0.4 is 10.5 Å². The van der Waals surface area contributed by atoms with Gasteiger partial charge in [0.25, 0.3) is 0 Å². The maximum atomic E-state index is 5.79. The number of nitrogens with two attached hydrogens (primary N) is 1. The summed E-state index contributed by atoms with van der Waals surface area (Å²) in [5.41, 5.74) is 8.40. The minimum atomic E-state index is 0.268. The van der Waals surface area contributed by atoms with Crippen LogP contribution in [0.3, 0.4) is 0 Å². The van der Waals surface area contributed by atoms with Crippen LogP contribution in [0.1, 0.15) is 44.2 Å². The fraction of sp³-hybridized carbons (Fsp3) is 0.625. The number of rotatable bonds is 7. The normalized spacial score (nSPS) is 13.1. The van der Waals surface area contributed by atoms with Crippen LogP contribution in [0.2, 0.25) is 0 Å². The summed E-state index contributed by atoms with van der Waals surface area (Å²) in [6.45, 7) is 8.43. The molecule has 3 heteroatoms. The second-order valence-corrected chi connectivity index (χ2v) is 5.73. The second-order valence-electron chi connectivity index (χ2n) is 5.73. The van der Waals surface area contributed by atoms with Gasteiger partial charge in [0.1, 0.15) is 5.75 Å². The van der Waals surface area contributed by atoms with E-state index < -0.39 is 0 Å². The van der Waals surface area contributed by atoms with Gasteiger partial charge >= 0.3 is 0 Å². The molecule has 108 valence electrons. The number of hydrogen-bond donors (Lipinski definition) is 1. The van der Waals surface area contributed by atoms with Gasteiger partial charge in [-0.1, -0.05) is 26.0 Å². The van der Waals surface area contributed by atoms with Crippen LogP contribution in [0.5, 0.6) is 5.75 Å². The van der Waals surface area contributed by atoms with Gasteiger partial charge in [-0.3, -0.25) is 0 Å². The van der Waals surface area contributed by atoms with Gasteiger partial charge < -0.3 is 15.4 Å². The molecule has 2 N–H and O–H groups in total. The lowest BCUT2D eigenvalue weighted by atomic mass is 9.99. The van der Waals surface area contributed by atoms with Crippen LogP contribution in [0.15, 0.2) is 18.2 Å². The van der Waals surface area contributed by atoms with Crippen molar-refractivity contribution in [3.8, 4) is 5.75 Å². The van der Waals surface area contributed by atoms with E-state index in [1.165, 1.54) is 11.1 Å². The van der Waals surface area contributed by atoms with Gasteiger partial charge in [-0.25, -0.2) is 0 Å². The average Bonchev–Trinajstić information content (AvgIpc) is 2.36. The van der Waals surface area contributed by atoms with Crippen molar-refractivity contribution in [2.45, 2.75) is 45.7 Å². The molecule has 3 nitrogen and oxygen atoms in total. The Morgan fingerprint density at radius 3 is 2.47 bits per heavy atom.